The summed E-state index contributed by atoms with van der Waals surface area (Å²) in [7, 11) is -3.09. The second kappa shape index (κ2) is 3.43. The lowest BCUT2D eigenvalue weighted by Gasteiger charge is -1.86. The van der Waals surface area contributed by atoms with Gasteiger partial charge in [-0.1, -0.05) is 0 Å². The van der Waals surface area contributed by atoms with Crippen molar-refractivity contribution < 1.29 is 17.0 Å². The third-order valence-electron chi connectivity index (χ3n) is 0.389. The Morgan fingerprint density at radius 3 is 2.38 bits per heavy atom. The van der Waals surface area contributed by atoms with Crippen LogP contribution in [-0.4, -0.2) is 8.42 Å². The van der Waals surface area contributed by atoms with Gasteiger partial charge in [0.25, 0.3) is 6.01 Å². The molecule has 0 atom stereocenters. The van der Waals surface area contributed by atoms with Crippen LogP contribution >= 0.6 is 0 Å². The van der Waals surface area contributed by atoms with Crippen LogP contribution in [0.1, 0.15) is 6.92 Å². The van der Waals surface area contributed by atoms with Crippen molar-refractivity contribution in [2.45, 2.75) is 6.92 Å². The highest BCUT2D eigenvalue weighted by Crippen LogP contribution is 1.95. The highest BCUT2D eigenvalue weighted by atomic mass is 32.2. The molecule has 0 bridgehead atoms. The number of allylic oxidation sites excluding steroid dienone is 1. The van der Waals surface area contributed by atoms with Gasteiger partial charge < -0.3 is 4.18 Å². The molecule has 0 aromatic carbocycles. The van der Waals surface area contributed by atoms with Crippen molar-refractivity contribution in [3.63, 3.8) is 0 Å². The number of halogens is 1. The van der Waals surface area contributed by atoms with Crippen molar-refractivity contribution >= 4 is 11.0 Å². The van der Waals surface area contributed by atoms with Gasteiger partial charge in [0, 0.05) is 0 Å². The molecule has 0 spiro atoms. The van der Waals surface area contributed by atoms with Gasteiger partial charge in [0.05, 0.1) is 0 Å². The summed E-state index contributed by atoms with van der Waals surface area (Å²) in [5.41, 5.74) is 0. The highest BCUT2D eigenvalue weighted by Gasteiger charge is 1.89. The molecule has 0 radical (unpaired) electrons. The SMILES string of the molecule is CC=C(F)O[SH](=O)=O. The van der Waals surface area contributed by atoms with Crippen LogP contribution < -0.4 is 0 Å². The Bertz CT molecular complexity index is 152. The van der Waals surface area contributed by atoms with E-state index in [1.54, 1.807) is 0 Å². The Hall–Kier alpha value is -0.580. The zero-order valence-electron chi connectivity index (χ0n) is 4.13. The van der Waals surface area contributed by atoms with Gasteiger partial charge in [-0.2, -0.15) is 12.8 Å². The Kier molecular flexibility index (Phi) is 3.18. The van der Waals surface area contributed by atoms with E-state index in [0.29, 0.717) is 0 Å². The number of rotatable bonds is 2. The zero-order valence-corrected chi connectivity index (χ0v) is 5.02. The molecule has 0 fully saturated rings. The van der Waals surface area contributed by atoms with Gasteiger partial charge in [-0.05, 0) is 13.0 Å². The summed E-state index contributed by atoms with van der Waals surface area (Å²) in [4.78, 5) is 0. The van der Waals surface area contributed by atoms with E-state index in [9.17, 15) is 12.8 Å². The Morgan fingerprint density at radius 2 is 2.25 bits per heavy atom. The van der Waals surface area contributed by atoms with Gasteiger partial charge in [-0.15, -0.1) is 0 Å². The Labute approximate surface area is 47.9 Å². The van der Waals surface area contributed by atoms with Crippen molar-refractivity contribution in [3.8, 4) is 0 Å². The summed E-state index contributed by atoms with van der Waals surface area (Å²) in [6.07, 6.45) is 0.908. The van der Waals surface area contributed by atoms with Gasteiger partial charge in [-0.25, -0.2) is 0 Å². The monoisotopic (exact) mass is 140 g/mol. The average molecular weight is 140 g/mol. The quantitative estimate of drug-likeness (QED) is 0.445. The minimum absolute atomic E-state index is 0.908. The largest absolute Gasteiger partial charge is 0.355 e. The Balaban J connectivity index is 3.74. The van der Waals surface area contributed by atoms with Gasteiger partial charge in [0.15, 0.2) is 0 Å². The van der Waals surface area contributed by atoms with E-state index in [1.165, 1.54) is 6.92 Å². The molecule has 8 heavy (non-hydrogen) atoms. The fraction of sp³-hybridized carbons (Fsp3) is 0.333. The van der Waals surface area contributed by atoms with Crippen LogP contribution in [0.15, 0.2) is 12.1 Å². The second-order valence-corrected chi connectivity index (χ2v) is 1.54. The van der Waals surface area contributed by atoms with E-state index >= 15 is 0 Å². The van der Waals surface area contributed by atoms with Gasteiger partial charge in [0.1, 0.15) is 0 Å². The molecule has 0 heterocycles. The van der Waals surface area contributed by atoms with Crippen LogP contribution in [0.2, 0.25) is 0 Å². The van der Waals surface area contributed by atoms with Crippen molar-refractivity contribution in [3.05, 3.63) is 12.1 Å². The minimum atomic E-state index is -3.09. The van der Waals surface area contributed by atoms with Crippen molar-refractivity contribution in [1.82, 2.24) is 0 Å². The first-order chi connectivity index (χ1) is 3.66. The van der Waals surface area contributed by atoms with Gasteiger partial charge in [-0.3, -0.25) is 0 Å². The molecule has 0 unspecified atom stereocenters. The van der Waals surface area contributed by atoms with Gasteiger partial charge >= 0.3 is 11.0 Å². The first-order valence-corrected chi connectivity index (χ1v) is 2.90. The number of thiol groups is 1. The molecule has 0 rings (SSSR count). The summed E-state index contributed by atoms with van der Waals surface area (Å²) < 4.78 is 34.2. The lowest BCUT2D eigenvalue weighted by Crippen LogP contribution is -1.81. The number of hydrogen-bond acceptors (Lipinski definition) is 3. The van der Waals surface area contributed by atoms with E-state index < -0.39 is 17.0 Å². The maximum Gasteiger partial charge on any atom is 0.301 e. The molecular formula is C3H5FO3S. The van der Waals surface area contributed by atoms with E-state index in [1.807, 2.05) is 0 Å². The van der Waals surface area contributed by atoms with Crippen LogP contribution in [0.5, 0.6) is 0 Å². The van der Waals surface area contributed by atoms with Crippen LogP contribution in [0.3, 0.4) is 0 Å². The summed E-state index contributed by atoms with van der Waals surface area (Å²) in [6, 6.07) is -1.10. The average Bonchev–Trinajstić information content (AvgIpc) is 1.65. The maximum absolute atomic E-state index is 11.6. The third kappa shape index (κ3) is 3.60. The molecule has 5 heteroatoms. The molecule has 0 aliphatic carbocycles. The van der Waals surface area contributed by atoms with Crippen LogP contribution in [-0.2, 0) is 15.2 Å². The first-order valence-electron chi connectivity index (χ1n) is 1.81. The summed E-state index contributed by atoms with van der Waals surface area (Å²) >= 11 is 0. The zero-order chi connectivity index (χ0) is 6.57. The second-order valence-electron chi connectivity index (χ2n) is 0.908. The molecule has 0 saturated heterocycles. The van der Waals surface area contributed by atoms with Crippen molar-refractivity contribution in [1.29, 1.82) is 0 Å². The Morgan fingerprint density at radius 1 is 1.75 bits per heavy atom. The van der Waals surface area contributed by atoms with E-state index in [-0.39, 0.29) is 0 Å². The normalized spacial score (nSPS) is 12.1. The summed E-state index contributed by atoms with van der Waals surface area (Å²) in [5.74, 6) is 0. The predicted octanol–water partition coefficient (Wildman–Crippen LogP) is 0.360. The molecule has 0 saturated carbocycles. The molecule has 0 aromatic heterocycles. The highest BCUT2D eigenvalue weighted by molar-refractivity contribution is 7.67. The molecule has 3 nitrogen and oxygen atoms in total. The standard InChI is InChI=1S/C3H5FO3S/c1-2-3(4)7-8(5)6/h2,8H,1H3. The summed E-state index contributed by atoms with van der Waals surface area (Å²) in [5, 5.41) is 0. The van der Waals surface area contributed by atoms with Crippen LogP contribution in [0, 0.1) is 0 Å². The maximum atomic E-state index is 11.6. The smallest absolute Gasteiger partial charge is 0.301 e. The number of hydrogen-bond donors (Lipinski definition) is 1. The van der Waals surface area contributed by atoms with Crippen LogP contribution in [0.25, 0.3) is 0 Å². The molecule has 0 aliphatic heterocycles. The lowest BCUT2D eigenvalue weighted by atomic mass is 10.7. The predicted molar refractivity (Wildman–Crippen MR) is 26.3 cm³/mol. The summed E-state index contributed by atoms with van der Waals surface area (Å²) in [6.45, 7) is 1.33. The lowest BCUT2D eigenvalue weighted by molar-refractivity contribution is 0.314. The topological polar surface area (TPSA) is 43.4 Å². The third-order valence-corrected chi connectivity index (χ3v) is 0.712. The van der Waals surface area contributed by atoms with E-state index in [4.69, 9.17) is 0 Å². The molecule has 0 aromatic rings. The van der Waals surface area contributed by atoms with Crippen molar-refractivity contribution in [2.75, 3.05) is 0 Å². The van der Waals surface area contributed by atoms with Gasteiger partial charge in [0.2, 0.25) is 0 Å². The fourth-order valence-electron chi connectivity index (χ4n) is 0.124. The molecule has 48 valence electrons. The van der Waals surface area contributed by atoms with E-state index in [0.717, 1.165) is 6.08 Å². The molecule has 0 N–H and O–H groups in total. The fourth-order valence-corrected chi connectivity index (χ4v) is 0.372. The molecule has 0 aliphatic rings. The molecule has 0 amide bonds. The van der Waals surface area contributed by atoms with Crippen molar-refractivity contribution in [2.24, 2.45) is 0 Å². The molecular weight excluding hydrogens is 135 g/mol. The first kappa shape index (κ1) is 7.42. The van der Waals surface area contributed by atoms with Crippen LogP contribution in [0.4, 0.5) is 4.39 Å². The van der Waals surface area contributed by atoms with E-state index in [2.05, 4.69) is 4.18 Å². The minimum Gasteiger partial charge on any atom is -0.355 e.